The van der Waals surface area contributed by atoms with Gasteiger partial charge < -0.3 is 0 Å². The van der Waals surface area contributed by atoms with Crippen LogP contribution in [0.4, 0.5) is 0 Å². The Balaban J connectivity index is 2.54. The number of rotatable bonds is 1. The lowest BCUT2D eigenvalue weighted by atomic mass is 10.0. The fourth-order valence-corrected chi connectivity index (χ4v) is 1.65. The molecular formula is C13H11ClN. The van der Waals surface area contributed by atoms with Crippen LogP contribution >= 0.6 is 11.6 Å². The zero-order valence-corrected chi connectivity index (χ0v) is 9.47. The van der Waals surface area contributed by atoms with Crippen LogP contribution in [0.2, 0.25) is 5.02 Å². The Kier molecular flexibility index (Phi) is 2.74. The van der Waals surface area contributed by atoms with Gasteiger partial charge in [-0.3, -0.25) is 4.98 Å². The van der Waals surface area contributed by atoms with E-state index in [4.69, 9.17) is 11.6 Å². The zero-order chi connectivity index (χ0) is 10.8. The highest BCUT2D eigenvalue weighted by molar-refractivity contribution is 6.31. The lowest BCUT2D eigenvalue weighted by Gasteiger charge is -2.06. The van der Waals surface area contributed by atoms with Crippen LogP contribution < -0.4 is 0 Å². The van der Waals surface area contributed by atoms with Crippen LogP contribution in [0.5, 0.6) is 0 Å². The van der Waals surface area contributed by atoms with Crippen LogP contribution in [0.3, 0.4) is 0 Å². The summed E-state index contributed by atoms with van der Waals surface area (Å²) in [6.45, 7) is 3.97. The summed E-state index contributed by atoms with van der Waals surface area (Å²) in [5.41, 5.74) is 4.27. The van der Waals surface area contributed by atoms with Gasteiger partial charge in [-0.15, -0.1) is 0 Å². The smallest absolute Gasteiger partial charge is 0.0520 e. The van der Waals surface area contributed by atoms with Crippen LogP contribution in [-0.2, 0) is 0 Å². The topological polar surface area (TPSA) is 12.9 Å². The highest BCUT2D eigenvalue weighted by Gasteiger charge is 2.04. The Morgan fingerprint density at radius 2 is 2.00 bits per heavy atom. The molecule has 1 radical (unpaired) electrons. The first-order valence-corrected chi connectivity index (χ1v) is 5.16. The lowest BCUT2D eigenvalue weighted by molar-refractivity contribution is 1.20. The molecule has 0 saturated carbocycles. The molecule has 0 amide bonds. The summed E-state index contributed by atoms with van der Waals surface area (Å²) in [5.74, 6) is 0. The second-order valence-electron chi connectivity index (χ2n) is 3.52. The summed E-state index contributed by atoms with van der Waals surface area (Å²) < 4.78 is 0. The van der Waals surface area contributed by atoms with Crippen LogP contribution in [0.25, 0.3) is 11.1 Å². The van der Waals surface area contributed by atoms with E-state index in [1.807, 2.05) is 38.2 Å². The number of aromatic nitrogens is 1. The highest BCUT2D eigenvalue weighted by Crippen LogP contribution is 2.27. The monoisotopic (exact) mass is 216 g/mol. The van der Waals surface area contributed by atoms with Crippen molar-refractivity contribution < 1.29 is 0 Å². The maximum atomic E-state index is 6.02. The Labute approximate surface area is 94.7 Å². The van der Waals surface area contributed by atoms with Crippen LogP contribution in [0.15, 0.2) is 30.5 Å². The number of aryl methyl sites for hydroxylation is 1. The van der Waals surface area contributed by atoms with E-state index in [9.17, 15) is 0 Å². The first-order valence-electron chi connectivity index (χ1n) is 4.78. The molecule has 15 heavy (non-hydrogen) atoms. The van der Waals surface area contributed by atoms with E-state index in [2.05, 4.69) is 17.1 Å². The third kappa shape index (κ3) is 2.02. The minimum absolute atomic E-state index is 0.674. The van der Waals surface area contributed by atoms with Gasteiger partial charge in [0.15, 0.2) is 0 Å². The molecule has 0 aliphatic carbocycles. The molecule has 0 fully saturated rings. The third-order valence-electron chi connectivity index (χ3n) is 2.42. The standard InChI is InChI=1S/C13H11ClN/c1-9-6-7-11(8-15-9)12-4-3-5-13(14)10(12)2/h3-4,6-8H,1-2H3. The molecule has 2 aromatic rings. The van der Waals surface area contributed by atoms with Gasteiger partial charge in [-0.05, 0) is 31.0 Å². The molecule has 1 nitrogen and oxygen atoms in total. The predicted molar refractivity (Wildman–Crippen MR) is 63.0 cm³/mol. The van der Waals surface area contributed by atoms with Crippen molar-refractivity contribution >= 4 is 11.6 Å². The van der Waals surface area contributed by atoms with E-state index in [0.717, 1.165) is 22.4 Å². The molecular weight excluding hydrogens is 206 g/mol. The molecule has 1 aromatic heterocycles. The van der Waals surface area contributed by atoms with Gasteiger partial charge in [0, 0.05) is 23.5 Å². The second-order valence-corrected chi connectivity index (χ2v) is 3.90. The normalized spacial score (nSPS) is 10.3. The van der Waals surface area contributed by atoms with E-state index in [1.54, 1.807) is 0 Å². The average Bonchev–Trinajstić information content (AvgIpc) is 2.24. The van der Waals surface area contributed by atoms with Crippen molar-refractivity contribution in [2.24, 2.45) is 0 Å². The zero-order valence-electron chi connectivity index (χ0n) is 8.71. The Hall–Kier alpha value is -1.34. The summed E-state index contributed by atoms with van der Waals surface area (Å²) in [6.07, 6.45) is 1.87. The van der Waals surface area contributed by atoms with E-state index in [0.29, 0.717) is 5.02 Å². The van der Waals surface area contributed by atoms with Crippen LogP contribution in [0, 0.1) is 19.9 Å². The first kappa shape index (κ1) is 10.2. The van der Waals surface area contributed by atoms with E-state index in [1.165, 1.54) is 0 Å². The molecule has 0 aliphatic rings. The highest BCUT2D eigenvalue weighted by atomic mass is 35.5. The van der Waals surface area contributed by atoms with Gasteiger partial charge >= 0.3 is 0 Å². The quantitative estimate of drug-likeness (QED) is 0.706. The van der Waals surface area contributed by atoms with E-state index >= 15 is 0 Å². The Morgan fingerprint density at radius 1 is 1.20 bits per heavy atom. The molecule has 2 heteroatoms. The molecule has 1 aromatic carbocycles. The Morgan fingerprint density at radius 3 is 2.67 bits per heavy atom. The summed E-state index contributed by atoms with van der Waals surface area (Å²) in [7, 11) is 0. The van der Waals surface area contributed by atoms with Crippen molar-refractivity contribution in [3.05, 3.63) is 52.8 Å². The number of benzene rings is 1. The van der Waals surface area contributed by atoms with Crippen molar-refractivity contribution in [3.63, 3.8) is 0 Å². The number of hydrogen-bond donors (Lipinski definition) is 0. The van der Waals surface area contributed by atoms with Crippen molar-refractivity contribution in [1.29, 1.82) is 0 Å². The van der Waals surface area contributed by atoms with Gasteiger partial charge in [0.2, 0.25) is 0 Å². The van der Waals surface area contributed by atoms with E-state index < -0.39 is 0 Å². The van der Waals surface area contributed by atoms with Crippen molar-refractivity contribution in [2.75, 3.05) is 0 Å². The van der Waals surface area contributed by atoms with Crippen molar-refractivity contribution in [2.45, 2.75) is 13.8 Å². The molecule has 1 heterocycles. The summed E-state index contributed by atoms with van der Waals surface area (Å²) in [4.78, 5) is 4.27. The minimum atomic E-state index is 0.674. The molecule has 0 bridgehead atoms. The van der Waals surface area contributed by atoms with Crippen LogP contribution in [-0.4, -0.2) is 4.98 Å². The number of pyridine rings is 1. The molecule has 0 N–H and O–H groups in total. The molecule has 0 aliphatic heterocycles. The molecule has 2 rings (SSSR count). The summed E-state index contributed by atoms with van der Waals surface area (Å²) >= 11 is 6.02. The second kappa shape index (κ2) is 4.03. The lowest BCUT2D eigenvalue weighted by Crippen LogP contribution is -1.86. The number of nitrogens with zero attached hydrogens (tertiary/aromatic N) is 1. The molecule has 0 spiro atoms. The number of halogens is 1. The Bertz CT molecular complexity index is 474. The molecule has 75 valence electrons. The van der Waals surface area contributed by atoms with Gasteiger partial charge in [-0.1, -0.05) is 29.8 Å². The van der Waals surface area contributed by atoms with Gasteiger partial charge in [-0.2, -0.15) is 0 Å². The van der Waals surface area contributed by atoms with Gasteiger partial charge in [0.05, 0.1) is 5.02 Å². The van der Waals surface area contributed by atoms with Crippen molar-refractivity contribution in [1.82, 2.24) is 4.98 Å². The fourth-order valence-electron chi connectivity index (χ4n) is 1.49. The fraction of sp³-hybridized carbons (Fsp3) is 0.154. The first-order chi connectivity index (χ1) is 7.18. The molecule has 0 atom stereocenters. The maximum Gasteiger partial charge on any atom is 0.0520 e. The minimum Gasteiger partial charge on any atom is -0.261 e. The van der Waals surface area contributed by atoms with E-state index in [-0.39, 0.29) is 0 Å². The average molecular weight is 217 g/mol. The van der Waals surface area contributed by atoms with Crippen molar-refractivity contribution in [3.8, 4) is 11.1 Å². The maximum absolute atomic E-state index is 6.02. The van der Waals surface area contributed by atoms with Gasteiger partial charge in [-0.25, -0.2) is 0 Å². The van der Waals surface area contributed by atoms with Gasteiger partial charge in [0.25, 0.3) is 0 Å². The number of hydrogen-bond acceptors (Lipinski definition) is 1. The SMILES string of the molecule is Cc1ccc(-c2cc[c]c(Cl)c2C)cn1. The third-order valence-corrected chi connectivity index (χ3v) is 2.81. The van der Waals surface area contributed by atoms with Crippen LogP contribution in [0.1, 0.15) is 11.3 Å². The summed E-state index contributed by atoms with van der Waals surface area (Å²) in [6, 6.07) is 10.9. The largest absolute Gasteiger partial charge is 0.261 e. The molecule has 0 saturated heterocycles. The molecule has 0 unspecified atom stereocenters. The van der Waals surface area contributed by atoms with Gasteiger partial charge in [0.1, 0.15) is 0 Å². The predicted octanol–water partition coefficient (Wildman–Crippen LogP) is 3.82. The summed E-state index contributed by atoms with van der Waals surface area (Å²) in [5, 5.41) is 0.674.